The molecule has 0 rings (SSSR count). The number of hydrogen-bond donors (Lipinski definition) is 0. The highest BCUT2D eigenvalue weighted by molar-refractivity contribution is 5.22. The first kappa shape index (κ1) is 9.69. The smallest absolute Gasteiger partial charge is 0.256 e. The molecule has 2 nitrogen and oxygen atoms in total. The van der Waals surface area contributed by atoms with Gasteiger partial charge in [0.15, 0.2) is 6.72 Å². The van der Waals surface area contributed by atoms with E-state index in [0.29, 0.717) is 0 Å². The SMILES string of the molecule is C=C/C=C(/C=C/C)[N+](=C)OC. The second-order valence-electron chi connectivity index (χ2n) is 1.89. The Balaban J connectivity index is 4.46. The van der Waals surface area contributed by atoms with E-state index < -0.39 is 0 Å². The van der Waals surface area contributed by atoms with Gasteiger partial charge < -0.3 is 0 Å². The summed E-state index contributed by atoms with van der Waals surface area (Å²) in [7, 11) is 1.56. The summed E-state index contributed by atoms with van der Waals surface area (Å²) in [6.07, 6.45) is 7.30. The zero-order valence-corrected chi connectivity index (χ0v) is 7.08. The van der Waals surface area contributed by atoms with Crippen molar-refractivity contribution in [2.24, 2.45) is 0 Å². The first-order chi connectivity index (χ1) is 5.26. The number of hydrogen-bond acceptors (Lipinski definition) is 1. The lowest BCUT2D eigenvalue weighted by Gasteiger charge is -1.93. The third-order valence-corrected chi connectivity index (χ3v) is 1.13. The van der Waals surface area contributed by atoms with Crippen LogP contribution in [0.1, 0.15) is 6.92 Å². The lowest BCUT2D eigenvalue weighted by molar-refractivity contribution is -0.735. The second kappa shape index (κ2) is 5.47. The van der Waals surface area contributed by atoms with Crippen molar-refractivity contribution < 1.29 is 9.58 Å². The van der Waals surface area contributed by atoms with Crippen LogP contribution in [0.25, 0.3) is 0 Å². The molecule has 0 aliphatic carbocycles. The molecule has 0 amide bonds. The average Bonchev–Trinajstić information content (AvgIpc) is 2.03. The Morgan fingerprint density at radius 3 is 2.55 bits per heavy atom. The highest BCUT2D eigenvalue weighted by Crippen LogP contribution is 1.98. The van der Waals surface area contributed by atoms with Gasteiger partial charge >= 0.3 is 0 Å². The Morgan fingerprint density at radius 2 is 2.18 bits per heavy atom. The fourth-order valence-electron chi connectivity index (χ4n) is 0.619. The molecule has 0 atom stereocenters. The van der Waals surface area contributed by atoms with Gasteiger partial charge in [0.2, 0.25) is 0 Å². The summed E-state index contributed by atoms with van der Waals surface area (Å²) in [6, 6.07) is 0. The molecule has 60 valence electrons. The number of rotatable bonds is 4. The van der Waals surface area contributed by atoms with Crippen molar-refractivity contribution in [2.45, 2.75) is 6.92 Å². The maximum absolute atomic E-state index is 4.87. The summed E-state index contributed by atoms with van der Waals surface area (Å²) in [5, 5.41) is 0. The molecule has 0 aliphatic heterocycles. The lowest BCUT2D eigenvalue weighted by atomic mass is 10.3. The van der Waals surface area contributed by atoms with Crippen LogP contribution in [-0.4, -0.2) is 18.6 Å². The molecule has 0 heterocycles. The summed E-state index contributed by atoms with van der Waals surface area (Å²) in [5.74, 6) is 0. The maximum Gasteiger partial charge on any atom is 0.256 e. The standard InChI is InChI=1S/C9H14NO/c1-5-7-9(8-6-2)10(3)11-4/h5-8H,1,3H2,2,4H3/q+1/b8-6+,9-7-. The van der Waals surface area contributed by atoms with E-state index in [1.807, 2.05) is 25.2 Å². The van der Waals surface area contributed by atoms with E-state index >= 15 is 0 Å². The summed E-state index contributed by atoms with van der Waals surface area (Å²) in [5.41, 5.74) is 0.866. The van der Waals surface area contributed by atoms with E-state index in [0.717, 1.165) is 5.70 Å². The van der Waals surface area contributed by atoms with E-state index in [-0.39, 0.29) is 0 Å². The molecule has 0 unspecified atom stereocenters. The van der Waals surface area contributed by atoms with E-state index in [1.165, 1.54) is 4.74 Å². The minimum atomic E-state index is 0.866. The molecule has 0 fully saturated rings. The summed E-state index contributed by atoms with van der Waals surface area (Å²) in [6.45, 7) is 9.15. The van der Waals surface area contributed by atoms with Gasteiger partial charge in [-0.1, -0.05) is 18.7 Å². The Labute approximate surface area is 67.8 Å². The highest BCUT2D eigenvalue weighted by Gasteiger charge is 2.03. The first-order valence-electron chi connectivity index (χ1n) is 3.36. The fraction of sp³-hybridized carbons (Fsp3) is 0.222. The summed E-state index contributed by atoms with van der Waals surface area (Å²) in [4.78, 5) is 4.87. The molecule has 0 aliphatic rings. The molecular weight excluding hydrogens is 138 g/mol. The second-order valence-corrected chi connectivity index (χ2v) is 1.89. The van der Waals surface area contributed by atoms with Crippen molar-refractivity contribution in [3.63, 3.8) is 0 Å². The zero-order chi connectivity index (χ0) is 8.69. The van der Waals surface area contributed by atoms with E-state index in [2.05, 4.69) is 13.3 Å². The monoisotopic (exact) mass is 152 g/mol. The Bertz CT molecular complexity index is 202. The van der Waals surface area contributed by atoms with Gasteiger partial charge in [-0.15, -0.1) is 0 Å². The first-order valence-corrected chi connectivity index (χ1v) is 3.36. The summed E-state index contributed by atoms with van der Waals surface area (Å²) < 4.78 is 1.42. The van der Waals surface area contributed by atoms with Crippen molar-refractivity contribution >= 4 is 6.72 Å². The molecular formula is C9H14NO+. The van der Waals surface area contributed by atoms with Crippen LogP contribution >= 0.6 is 0 Å². The van der Waals surface area contributed by atoms with Crippen molar-refractivity contribution in [3.05, 3.63) is 36.6 Å². The quantitative estimate of drug-likeness (QED) is 0.259. The van der Waals surface area contributed by atoms with Crippen LogP contribution in [0.2, 0.25) is 0 Å². The minimum absolute atomic E-state index is 0.866. The Hall–Kier alpha value is -1.31. The predicted molar refractivity (Wildman–Crippen MR) is 47.5 cm³/mol. The van der Waals surface area contributed by atoms with Gasteiger partial charge in [0, 0.05) is 16.9 Å². The molecule has 0 N–H and O–H groups in total. The molecule has 0 aromatic carbocycles. The van der Waals surface area contributed by atoms with Gasteiger partial charge in [-0.2, -0.15) is 0 Å². The van der Waals surface area contributed by atoms with Crippen LogP contribution in [0.3, 0.4) is 0 Å². The largest absolute Gasteiger partial charge is 0.275 e. The van der Waals surface area contributed by atoms with Gasteiger partial charge in [0.1, 0.15) is 7.11 Å². The predicted octanol–water partition coefficient (Wildman–Crippen LogP) is 1.91. The molecule has 0 aromatic heterocycles. The third-order valence-electron chi connectivity index (χ3n) is 1.13. The van der Waals surface area contributed by atoms with Crippen LogP contribution in [0.4, 0.5) is 0 Å². The van der Waals surface area contributed by atoms with Crippen molar-refractivity contribution in [3.8, 4) is 0 Å². The number of allylic oxidation sites excluding steroid dienone is 4. The summed E-state index contributed by atoms with van der Waals surface area (Å²) >= 11 is 0. The average molecular weight is 152 g/mol. The fourth-order valence-corrected chi connectivity index (χ4v) is 0.619. The van der Waals surface area contributed by atoms with Crippen molar-refractivity contribution in [1.29, 1.82) is 0 Å². The normalized spacial score (nSPS) is 11.6. The van der Waals surface area contributed by atoms with Crippen molar-refractivity contribution in [2.75, 3.05) is 7.11 Å². The van der Waals surface area contributed by atoms with Gasteiger partial charge in [-0.25, -0.2) is 0 Å². The molecule has 0 saturated carbocycles. The Kier molecular flexibility index (Phi) is 4.82. The molecule has 0 aromatic rings. The minimum Gasteiger partial charge on any atom is -0.275 e. The molecule has 0 spiro atoms. The highest BCUT2D eigenvalue weighted by atomic mass is 16.6. The molecule has 0 bridgehead atoms. The molecule has 2 heteroatoms. The van der Waals surface area contributed by atoms with Crippen LogP contribution < -0.4 is 0 Å². The van der Waals surface area contributed by atoms with Gasteiger partial charge in [0.05, 0.1) is 0 Å². The molecule has 0 radical (unpaired) electrons. The van der Waals surface area contributed by atoms with Crippen LogP contribution in [0.5, 0.6) is 0 Å². The maximum atomic E-state index is 4.87. The molecule has 0 saturated heterocycles. The topological polar surface area (TPSA) is 12.2 Å². The third kappa shape index (κ3) is 3.40. The Morgan fingerprint density at radius 1 is 1.55 bits per heavy atom. The van der Waals surface area contributed by atoms with E-state index in [4.69, 9.17) is 4.84 Å². The van der Waals surface area contributed by atoms with E-state index in [1.54, 1.807) is 13.2 Å². The lowest BCUT2D eigenvalue weighted by Crippen LogP contribution is -2.04. The number of hydroxylamine groups is 1. The zero-order valence-electron chi connectivity index (χ0n) is 7.08. The van der Waals surface area contributed by atoms with Crippen LogP contribution in [-0.2, 0) is 4.84 Å². The molecule has 11 heavy (non-hydrogen) atoms. The van der Waals surface area contributed by atoms with Gasteiger partial charge in [-0.3, -0.25) is 4.84 Å². The van der Waals surface area contributed by atoms with Crippen LogP contribution in [0, 0.1) is 0 Å². The van der Waals surface area contributed by atoms with Crippen LogP contribution in [0.15, 0.2) is 36.6 Å². The van der Waals surface area contributed by atoms with Gasteiger partial charge in [-0.05, 0) is 6.92 Å². The number of nitrogens with zero attached hydrogens (tertiary/aromatic N) is 1. The van der Waals surface area contributed by atoms with Crippen molar-refractivity contribution in [1.82, 2.24) is 0 Å². The van der Waals surface area contributed by atoms with E-state index in [9.17, 15) is 0 Å². The van der Waals surface area contributed by atoms with Gasteiger partial charge in [0.25, 0.3) is 5.70 Å².